The zero-order valence-electron chi connectivity index (χ0n) is 17.3. The van der Waals surface area contributed by atoms with Gasteiger partial charge in [-0.25, -0.2) is 4.79 Å². The fourth-order valence-corrected chi connectivity index (χ4v) is 3.09. The van der Waals surface area contributed by atoms with E-state index in [4.69, 9.17) is 13.9 Å². The molecule has 0 fully saturated rings. The van der Waals surface area contributed by atoms with Gasteiger partial charge < -0.3 is 19.0 Å². The second-order valence-electron chi connectivity index (χ2n) is 7.40. The zero-order chi connectivity index (χ0) is 20.2. The highest BCUT2D eigenvalue weighted by Crippen LogP contribution is 2.42. The maximum absolute atomic E-state index is 12.2. The number of hydrogen-bond acceptors (Lipinski definition) is 5. The van der Waals surface area contributed by atoms with Crippen molar-refractivity contribution in [2.24, 2.45) is 0 Å². The molecule has 0 aliphatic rings. The van der Waals surface area contributed by atoms with Gasteiger partial charge in [-0.15, -0.1) is 0 Å². The third kappa shape index (κ3) is 4.64. The smallest absolute Gasteiger partial charge is 0.336 e. The molecule has 1 unspecified atom stereocenters. The molecule has 27 heavy (non-hydrogen) atoms. The predicted molar refractivity (Wildman–Crippen MR) is 108 cm³/mol. The highest BCUT2D eigenvalue weighted by atomic mass is 16.5. The van der Waals surface area contributed by atoms with Gasteiger partial charge in [0.05, 0.1) is 23.7 Å². The molecule has 0 spiro atoms. The van der Waals surface area contributed by atoms with Gasteiger partial charge in [0.25, 0.3) is 0 Å². The Morgan fingerprint density at radius 2 is 1.85 bits per heavy atom. The maximum Gasteiger partial charge on any atom is 0.336 e. The van der Waals surface area contributed by atoms with Crippen LogP contribution in [0.2, 0.25) is 0 Å². The van der Waals surface area contributed by atoms with Crippen LogP contribution in [0, 0.1) is 0 Å². The molecule has 0 saturated carbocycles. The number of aliphatic hydroxyl groups excluding tert-OH is 1. The third-order valence-electron chi connectivity index (χ3n) is 4.84. The SMILES string of the molecule is CCCc1cc(=O)oc2c(C(O)CC)c(OCC)cc(OC(C)(C)CC)c12. The first-order chi connectivity index (χ1) is 12.8. The van der Waals surface area contributed by atoms with Crippen molar-refractivity contribution < 1.29 is 19.0 Å². The van der Waals surface area contributed by atoms with Crippen LogP contribution < -0.4 is 15.1 Å². The summed E-state index contributed by atoms with van der Waals surface area (Å²) in [5.74, 6) is 1.12. The van der Waals surface area contributed by atoms with Gasteiger partial charge in [-0.1, -0.05) is 27.2 Å². The Hall–Kier alpha value is -2.01. The van der Waals surface area contributed by atoms with Crippen LogP contribution in [0.4, 0.5) is 0 Å². The lowest BCUT2D eigenvalue weighted by Crippen LogP contribution is -2.27. The second-order valence-corrected chi connectivity index (χ2v) is 7.40. The van der Waals surface area contributed by atoms with E-state index >= 15 is 0 Å². The average Bonchev–Trinajstić information content (AvgIpc) is 2.61. The van der Waals surface area contributed by atoms with E-state index in [0.717, 1.165) is 30.2 Å². The molecule has 5 heteroatoms. The van der Waals surface area contributed by atoms with E-state index in [0.29, 0.717) is 35.7 Å². The Kier molecular flexibility index (Phi) is 6.93. The van der Waals surface area contributed by atoms with Gasteiger partial charge in [-0.2, -0.15) is 0 Å². The first kappa shape index (κ1) is 21.3. The highest BCUT2D eigenvalue weighted by molar-refractivity contribution is 5.91. The normalized spacial score (nSPS) is 13.0. The van der Waals surface area contributed by atoms with E-state index in [2.05, 4.69) is 13.8 Å². The Morgan fingerprint density at radius 3 is 2.41 bits per heavy atom. The fraction of sp³-hybridized carbons (Fsp3) is 0.591. The average molecular weight is 376 g/mol. The van der Waals surface area contributed by atoms with E-state index in [-0.39, 0.29) is 5.60 Å². The van der Waals surface area contributed by atoms with Crippen molar-refractivity contribution in [3.05, 3.63) is 33.7 Å². The Morgan fingerprint density at radius 1 is 1.15 bits per heavy atom. The minimum atomic E-state index is -0.790. The van der Waals surface area contributed by atoms with Crippen LogP contribution in [-0.2, 0) is 6.42 Å². The van der Waals surface area contributed by atoms with Gasteiger partial charge in [-0.3, -0.25) is 0 Å². The number of benzene rings is 1. The Bertz CT molecular complexity index is 835. The Balaban J connectivity index is 2.92. The molecule has 0 aliphatic carbocycles. The summed E-state index contributed by atoms with van der Waals surface area (Å²) in [5.41, 5.74) is 0.948. The lowest BCUT2D eigenvalue weighted by Gasteiger charge is -2.27. The van der Waals surface area contributed by atoms with Crippen LogP contribution in [0.3, 0.4) is 0 Å². The van der Waals surface area contributed by atoms with Gasteiger partial charge in [0.2, 0.25) is 0 Å². The van der Waals surface area contributed by atoms with Crippen molar-refractivity contribution in [3.8, 4) is 11.5 Å². The maximum atomic E-state index is 12.2. The molecule has 5 nitrogen and oxygen atoms in total. The number of aliphatic hydroxyl groups is 1. The summed E-state index contributed by atoms with van der Waals surface area (Å²) in [5, 5.41) is 11.4. The molecule has 1 N–H and O–H groups in total. The summed E-state index contributed by atoms with van der Waals surface area (Å²) >= 11 is 0. The summed E-state index contributed by atoms with van der Waals surface area (Å²) in [6.45, 7) is 12.4. The zero-order valence-corrected chi connectivity index (χ0v) is 17.3. The minimum absolute atomic E-state index is 0.369. The highest BCUT2D eigenvalue weighted by Gasteiger charge is 2.26. The van der Waals surface area contributed by atoms with Gasteiger partial charge >= 0.3 is 5.63 Å². The van der Waals surface area contributed by atoms with Crippen molar-refractivity contribution in [2.75, 3.05) is 6.61 Å². The number of hydrogen-bond donors (Lipinski definition) is 1. The van der Waals surface area contributed by atoms with E-state index < -0.39 is 11.7 Å². The first-order valence-electron chi connectivity index (χ1n) is 9.91. The van der Waals surface area contributed by atoms with E-state index in [9.17, 15) is 9.90 Å². The van der Waals surface area contributed by atoms with Crippen molar-refractivity contribution in [2.45, 2.75) is 78.9 Å². The van der Waals surface area contributed by atoms with Crippen LogP contribution >= 0.6 is 0 Å². The Labute approximate surface area is 161 Å². The van der Waals surface area contributed by atoms with Gasteiger partial charge in [0.1, 0.15) is 17.1 Å². The van der Waals surface area contributed by atoms with E-state index in [1.165, 1.54) is 6.07 Å². The molecule has 1 atom stereocenters. The lowest BCUT2D eigenvalue weighted by molar-refractivity contribution is 0.106. The number of rotatable bonds is 9. The molecule has 0 aliphatic heterocycles. The summed E-state index contributed by atoms with van der Waals surface area (Å²) in [4.78, 5) is 12.2. The second kappa shape index (κ2) is 8.79. The number of aryl methyl sites for hydroxylation is 1. The van der Waals surface area contributed by atoms with Gasteiger partial charge in [0, 0.05) is 12.1 Å². The van der Waals surface area contributed by atoms with Crippen LogP contribution in [0.25, 0.3) is 11.0 Å². The molecular formula is C22H32O5. The minimum Gasteiger partial charge on any atom is -0.493 e. The van der Waals surface area contributed by atoms with E-state index in [1.54, 1.807) is 0 Å². The third-order valence-corrected chi connectivity index (χ3v) is 4.84. The predicted octanol–water partition coefficient (Wildman–Crippen LogP) is 5.16. The molecule has 0 bridgehead atoms. The summed E-state index contributed by atoms with van der Waals surface area (Å²) in [6, 6.07) is 3.36. The van der Waals surface area contributed by atoms with Gasteiger partial charge in [0.15, 0.2) is 5.58 Å². The largest absolute Gasteiger partial charge is 0.493 e. The van der Waals surface area contributed by atoms with Crippen molar-refractivity contribution >= 4 is 11.0 Å². The molecular weight excluding hydrogens is 344 g/mol. The van der Waals surface area contributed by atoms with E-state index in [1.807, 2.05) is 33.8 Å². The quantitative estimate of drug-likeness (QED) is 0.613. The molecule has 2 rings (SSSR count). The monoisotopic (exact) mass is 376 g/mol. The standard InChI is InChI=1S/C22H32O5/c1-7-11-14-12-18(24)26-21-19(14)17(27-22(5,6)9-3)13-16(25-10-4)20(21)15(23)8-2/h12-13,15,23H,7-11H2,1-6H3. The molecule has 1 aromatic heterocycles. The van der Waals surface area contributed by atoms with Crippen molar-refractivity contribution in [1.82, 2.24) is 0 Å². The summed E-state index contributed by atoms with van der Waals surface area (Å²) in [6.07, 6.45) is 2.12. The van der Waals surface area contributed by atoms with Gasteiger partial charge in [-0.05, 0) is 45.6 Å². The summed E-state index contributed by atoms with van der Waals surface area (Å²) < 4.78 is 17.7. The van der Waals surface area contributed by atoms with Crippen LogP contribution in [0.5, 0.6) is 11.5 Å². The molecule has 0 radical (unpaired) electrons. The van der Waals surface area contributed by atoms with Crippen molar-refractivity contribution in [1.29, 1.82) is 0 Å². The molecule has 2 aromatic rings. The summed E-state index contributed by atoms with van der Waals surface area (Å²) in [7, 11) is 0. The number of fused-ring (bicyclic) bond motifs is 1. The first-order valence-corrected chi connectivity index (χ1v) is 9.91. The fourth-order valence-electron chi connectivity index (χ4n) is 3.09. The van der Waals surface area contributed by atoms with Crippen molar-refractivity contribution in [3.63, 3.8) is 0 Å². The molecule has 0 amide bonds. The van der Waals surface area contributed by atoms with Crippen LogP contribution in [0.1, 0.15) is 78.0 Å². The number of ether oxygens (including phenoxy) is 2. The van der Waals surface area contributed by atoms with Crippen LogP contribution in [-0.4, -0.2) is 17.3 Å². The molecule has 1 aromatic carbocycles. The lowest BCUT2D eigenvalue weighted by atomic mass is 9.97. The molecule has 0 saturated heterocycles. The topological polar surface area (TPSA) is 68.9 Å². The van der Waals surface area contributed by atoms with Crippen LogP contribution in [0.15, 0.2) is 21.3 Å². The molecule has 150 valence electrons. The molecule has 1 heterocycles.